The van der Waals surface area contributed by atoms with Crippen molar-refractivity contribution in [2.24, 2.45) is 0 Å². The van der Waals surface area contributed by atoms with Crippen LogP contribution in [0.5, 0.6) is 5.75 Å². The van der Waals surface area contributed by atoms with E-state index in [0.29, 0.717) is 6.04 Å². The highest BCUT2D eigenvalue weighted by atomic mass is 16.5. The van der Waals surface area contributed by atoms with Gasteiger partial charge in [0, 0.05) is 12.6 Å². The minimum absolute atomic E-state index is 0.665. The van der Waals surface area contributed by atoms with Crippen molar-refractivity contribution in [3.8, 4) is 5.75 Å². The molecular formula is C18H30N2O. The van der Waals surface area contributed by atoms with Crippen LogP contribution in [0.4, 0.5) is 0 Å². The van der Waals surface area contributed by atoms with E-state index in [1.807, 2.05) is 13.0 Å². The standard InChI is InChI=1S/C18H30N2O/c1-3-5-11-20-12-9-17(10-13-20)19-15-16-7-6-8-18(14-16)21-4-2/h6-8,14,17,19H,3-5,9-13,15H2,1-2H3. The van der Waals surface area contributed by atoms with Crippen LogP contribution in [0.3, 0.4) is 0 Å². The van der Waals surface area contributed by atoms with Crippen molar-refractivity contribution in [3.63, 3.8) is 0 Å². The van der Waals surface area contributed by atoms with Crippen molar-refractivity contribution in [2.75, 3.05) is 26.2 Å². The fourth-order valence-electron chi connectivity index (χ4n) is 2.92. The van der Waals surface area contributed by atoms with Gasteiger partial charge in [0.05, 0.1) is 6.61 Å². The Morgan fingerprint density at radius 2 is 2.05 bits per heavy atom. The molecule has 1 aliphatic heterocycles. The second-order valence-corrected chi connectivity index (χ2v) is 5.93. The van der Waals surface area contributed by atoms with Gasteiger partial charge < -0.3 is 15.0 Å². The fraction of sp³-hybridized carbons (Fsp3) is 0.667. The summed E-state index contributed by atoms with van der Waals surface area (Å²) < 4.78 is 5.56. The molecule has 1 saturated heterocycles. The van der Waals surface area contributed by atoms with Crippen LogP contribution in [0.1, 0.15) is 45.1 Å². The van der Waals surface area contributed by atoms with Gasteiger partial charge in [0.1, 0.15) is 5.75 Å². The van der Waals surface area contributed by atoms with Gasteiger partial charge in [0.15, 0.2) is 0 Å². The highest BCUT2D eigenvalue weighted by Gasteiger charge is 2.17. The summed E-state index contributed by atoms with van der Waals surface area (Å²) in [6, 6.07) is 9.09. The van der Waals surface area contributed by atoms with Crippen LogP contribution < -0.4 is 10.1 Å². The van der Waals surface area contributed by atoms with Gasteiger partial charge in [-0.25, -0.2) is 0 Å². The molecule has 1 aromatic rings. The summed E-state index contributed by atoms with van der Waals surface area (Å²) in [5, 5.41) is 3.70. The molecule has 0 spiro atoms. The average Bonchev–Trinajstić information content (AvgIpc) is 2.53. The molecule has 0 bridgehead atoms. The van der Waals surface area contributed by atoms with Crippen molar-refractivity contribution in [1.29, 1.82) is 0 Å². The quantitative estimate of drug-likeness (QED) is 0.794. The number of benzene rings is 1. The van der Waals surface area contributed by atoms with Crippen LogP contribution in [0.25, 0.3) is 0 Å². The monoisotopic (exact) mass is 290 g/mol. The molecule has 0 amide bonds. The lowest BCUT2D eigenvalue weighted by molar-refractivity contribution is 0.195. The maximum absolute atomic E-state index is 5.56. The SMILES string of the molecule is CCCCN1CCC(NCc2cccc(OCC)c2)CC1. The van der Waals surface area contributed by atoms with Crippen LogP contribution in [-0.2, 0) is 6.54 Å². The van der Waals surface area contributed by atoms with Gasteiger partial charge in [-0.3, -0.25) is 0 Å². The van der Waals surface area contributed by atoms with Gasteiger partial charge in [-0.05, 0) is 63.5 Å². The predicted octanol–water partition coefficient (Wildman–Crippen LogP) is 3.44. The summed E-state index contributed by atoms with van der Waals surface area (Å²) in [7, 11) is 0. The molecule has 0 aliphatic carbocycles. The number of hydrogen-bond acceptors (Lipinski definition) is 3. The number of nitrogens with zero attached hydrogens (tertiary/aromatic N) is 1. The average molecular weight is 290 g/mol. The summed E-state index contributed by atoms with van der Waals surface area (Å²) in [6.45, 7) is 9.74. The van der Waals surface area contributed by atoms with E-state index in [4.69, 9.17) is 4.74 Å². The third kappa shape index (κ3) is 5.68. The smallest absolute Gasteiger partial charge is 0.119 e. The molecule has 3 heteroatoms. The first kappa shape index (κ1) is 16.3. The number of nitrogens with one attached hydrogen (secondary N) is 1. The van der Waals surface area contributed by atoms with Crippen LogP contribution in [0, 0.1) is 0 Å². The van der Waals surface area contributed by atoms with E-state index in [2.05, 4.69) is 35.3 Å². The zero-order chi connectivity index (χ0) is 14.9. The highest BCUT2D eigenvalue weighted by molar-refractivity contribution is 5.28. The summed E-state index contributed by atoms with van der Waals surface area (Å²) in [4.78, 5) is 2.61. The van der Waals surface area contributed by atoms with Gasteiger partial charge in [0.25, 0.3) is 0 Å². The van der Waals surface area contributed by atoms with Crippen molar-refractivity contribution in [2.45, 2.75) is 52.1 Å². The largest absolute Gasteiger partial charge is 0.494 e. The maximum atomic E-state index is 5.56. The lowest BCUT2D eigenvalue weighted by atomic mass is 10.0. The third-order valence-electron chi connectivity index (χ3n) is 4.22. The van der Waals surface area contributed by atoms with Crippen molar-refractivity contribution in [1.82, 2.24) is 10.2 Å². The first-order valence-electron chi connectivity index (χ1n) is 8.49. The Balaban J connectivity index is 1.70. The zero-order valence-electron chi connectivity index (χ0n) is 13.6. The van der Waals surface area contributed by atoms with E-state index >= 15 is 0 Å². The number of rotatable bonds is 8. The molecule has 0 aromatic heterocycles. The predicted molar refractivity (Wildman–Crippen MR) is 88.8 cm³/mol. The van der Waals surface area contributed by atoms with Crippen molar-refractivity contribution < 1.29 is 4.74 Å². The Morgan fingerprint density at radius 3 is 2.76 bits per heavy atom. The molecule has 1 N–H and O–H groups in total. The minimum atomic E-state index is 0.665. The number of likely N-dealkylation sites (tertiary alicyclic amines) is 1. The summed E-state index contributed by atoms with van der Waals surface area (Å²) >= 11 is 0. The molecule has 1 fully saturated rings. The van der Waals surface area contributed by atoms with Gasteiger partial charge in [-0.2, -0.15) is 0 Å². The molecule has 1 heterocycles. The van der Waals surface area contributed by atoms with Crippen LogP contribution in [0.15, 0.2) is 24.3 Å². The Labute approximate surface area is 129 Å². The number of piperidine rings is 1. The van der Waals surface area contributed by atoms with E-state index in [9.17, 15) is 0 Å². The van der Waals surface area contributed by atoms with Crippen LogP contribution in [0.2, 0.25) is 0 Å². The van der Waals surface area contributed by atoms with Crippen molar-refractivity contribution >= 4 is 0 Å². The van der Waals surface area contributed by atoms with E-state index in [1.54, 1.807) is 0 Å². The molecular weight excluding hydrogens is 260 g/mol. The molecule has 0 radical (unpaired) electrons. The molecule has 21 heavy (non-hydrogen) atoms. The summed E-state index contributed by atoms with van der Waals surface area (Å²) in [6.07, 6.45) is 5.18. The van der Waals surface area contributed by atoms with Crippen LogP contribution in [-0.4, -0.2) is 37.2 Å². The first-order valence-corrected chi connectivity index (χ1v) is 8.49. The van der Waals surface area contributed by atoms with Gasteiger partial charge in [-0.15, -0.1) is 0 Å². The van der Waals surface area contributed by atoms with Gasteiger partial charge >= 0.3 is 0 Å². The zero-order valence-corrected chi connectivity index (χ0v) is 13.6. The number of hydrogen-bond donors (Lipinski definition) is 1. The summed E-state index contributed by atoms with van der Waals surface area (Å²) in [5.41, 5.74) is 1.31. The van der Waals surface area contributed by atoms with Gasteiger partial charge in [0.2, 0.25) is 0 Å². The third-order valence-corrected chi connectivity index (χ3v) is 4.22. The summed E-state index contributed by atoms with van der Waals surface area (Å²) in [5.74, 6) is 0.978. The van der Waals surface area contributed by atoms with E-state index in [0.717, 1.165) is 18.9 Å². The molecule has 3 nitrogen and oxygen atoms in total. The molecule has 0 saturated carbocycles. The Hall–Kier alpha value is -1.06. The molecule has 0 atom stereocenters. The van der Waals surface area contributed by atoms with E-state index in [1.165, 1.54) is 50.9 Å². The molecule has 2 rings (SSSR count). The molecule has 118 valence electrons. The Morgan fingerprint density at radius 1 is 1.24 bits per heavy atom. The first-order chi connectivity index (χ1) is 10.3. The lowest BCUT2D eigenvalue weighted by Crippen LogP contribution is -2.42. The van der Waals surface area contributed by atoms with Crippen LogP contribution >= 0.6 is 0 Å². The maximum Gasteiger partial charge on any atom is 0.119 e. The topological polar surface area (TPSA) is 24.5 Å². The fourth-order valence-corrected chi connectivity index (χ4v) is 2.92. The second kappa shape index (κ2) is 9.06. The molecule has 1 aliphatic rings. The molecule has 1 aromatic carbocycles. The lowest BCUT2D eigenvalue weighted by Gasteiger charge is -2.32. The van der Waals surface area contributed by atoms with E-state index < -0.39 is 0 Å². The van der Waals surface area contributed by atoms with Crippen molar-refractivity contribution in [3.05, 3.63) is 29.8 Å². The Kier molecular flexibility index (Phi) is 7.04. The highest BCUT2D eigenvalue weighted by Crippen LogP contribution is 2.15. The minimum Gasteiger partial charge on any atom is -0.494 e. The van der Waals surface area contributed by atoms with E-state index in [-0.39, 0.29) is 0 Å². The van der Waals surface area contributed by atoms with Gasteiger partial charge in [-0.1, -0.05) is 25.5 Å². The Bertz CT molecular complexity index is 400. The second-order valence-electron chi connectivity index (χ2n) is 5.93. The molecule has 0 unspecified atom stereocenters. The number of ether oxygens (including phenoxy) is 1. The normalized spacial score (nSPS) is 17.0. The number of unbranched alkanes of at least 4 members (excludes halogenated alkanes) is 1.